The number of aliphatic carboxylic acids is 1. The van der Waals surface area contributed by atoms with Crippen molar-refractivity contribution >= 4 is 128 Å². The molecule has 2 aliphatic heterocycles. The second kappa shape index (κ2) is 44.8. The number of primary amides is 1. The fourth-order valence-electron chi connectivity index (χ4n) is 15.0. The van der Waals surface area contributed by atoms with E-state index in [1.165, 1.54) is 134 Å². The number of hydrogen-bond acceptors (Lipinski definition) is 20. The third-order valence-electron chi connectivity index (χ3n) is 21.6. The molecule has 20 N–H and O–H groups in total. The van der Waals surface area contributed by atoms with Gasteiger partial charge in [-0.25, -0.2) is 23.1 Å². The number of H-pyrrole nitrogens is 4. The summed E-state index contributed by atoms with van der Waals surface area (Å²) in [5.74, 6) is -16.2. The third-order valence-corrected chi connectivity index (χ3v) is 23.8. The number of fused-ring (bicyclic) bond motifs is 5. The minimum atomic E-state index is -2.12. The molecule has 13 amide bonds. The molecule has 36 nitrogen and oxygen atoms in total. The van der Waals surface area contributed by atoms with Crippen molar-refractivity contribution < 1.29 is 90.5 Å². The molecule has 11 rings (SSSR count). The van der Waals surface area contributed by atoms with Crippen LogP contribution in [-0.4, -0.2) is 237 Å². The number of phenolic OH excluding ortho intramolecular Hbond substituents is 1. The molecule has 0 aliphatic carbocycles. The number of likely N-dealkylation sites (N-methyl/N-ethyl adjacent to an activating group) is 1. The number of rotatable bonds is 24. The number of nitrogens with zero attached hydrogens (tertiary/aromatic N) is 4. The van der Waals surface area contributed by atoms with Crippen LogP contribution < -0.4 is 64.6 Å². The summed E-state index contributed by atoms with van der Waals surface area (Å²) in [6.45, 7) is 0.375. The highest BCUT2D eigenvalue weighted by Gasteiger charge is 2.42. The molecule has 2 bridgehead atoms. The number of benzene rings is 5. The lowest BCUT2D eigenvalue weighted by Gasteiger charge is -2.32. The number of carbonyl (C=O) groups is 14. The number of aromatic nitrogens is 6. The lowest BCUT2D eigenvalue weighted by Crippen LogP contribution is -2.61. The Morgan fingerprint density at radius 1 is 0.598 bits per heavy atom. The van der Waals surface area contributed by atoms with Crippen LogP contribution in [0.3, 0.4) is 0 Å². The van der Waals surface area contributed by atoms with Gasteiger partial charge in [0.2, 0.25) is 76.8 Å². The van der Waals surface area contributed by atoms with Gasteiger partial charge in [0, 0.05) is 140 Å². The van der Waals surface area contributed by atoms with Crippen LogP contribution in [-0.2, 0) is 117 Å². The number of nitrogens with one attached hydrogen (secondary N) is 14. The fraction of sp³-hybridized carbons (Fsp3) is 0.372. The van der Waals surface area contributed by atoms with Gasteiger partial charge in [-0.3, -0.25) is 67.1 Å². The van der Waals surface area contributed by atoms with Crippen LogP contribution >= 0.6 is 23.5 Å². The molecule has 127 heavy (non-hydrogen) atoms. The molecule has 2 aliphatic rings. The van der Waals surface area contributed by atoms with Crippen molar-refractivity contribution in [2.45, 2.75) is 162 Å². The Labute approximate surface area is 733 Å². The maximum atomic E-state index is 15.4. The van der Waals surface area contributed by atoms with E-state index in [1.54, 1.807) is 18.2 Å². The molecular formula is C86H99F3N20O16S2. The Hall–Kier alpha value is -13.6. The van der Waals surface area contributed by atoms with Crippen molar-refractivity contribution in [3.05, 3.63) is 209 Å². The lowest BCUT2D eigenvalue weighted by atomic mass is 10.0. The van der Waals surface area contributed by atoms with Crippen LogP contribution in [0.5, 0.6) is 5.75 Å². The van der Waals surface area contributed by atoms with E-state index in [9.17, 15) is 53.0 Å². The van der Waals surface area contributed by atoms with Crippen molar-refractivity contribution in [1.82, 2.24) is 92.9 Å². The van der Waals surface area contributed by atoms with Gasteiger partial charge in [0.15, 0.2) is 0 Å². The monoisotopic (exact) mass is 1790 g/mol. The standard InChI is InChI=1S/C86H99F3N20O16S2/c1-46(110)99-69(33-57-38-93-45-98-57)85(124)108(2)73(27-48-11-15-53(87)16-12-48)84(123)107-71-43-127-41-50-8-5-7-49(25-50)40-126-42-70(76(91)115)106-83(122)72-10-6-24-109(72)86(125)68(26-47-13-19-58(111)20-14-47)105-80(119)66(32-56-37-92-44-97-56)103-81(120)67(34-75(113)114)104-79(118)65(29-52-36-95-62-22-18-55(89)31-60(52)62)102-78(117)64(28-51-35-94-61-21-17-54(88)30-59(51)61)100-74(112)39-96-77(116)63(101-82(71)121)9-3-4-23-90/h5,7-8,11-22,25,30-31,35-38,44-45,63-73,94-95,111H,3-4,6,9-10,23-24,26-29,32-34,39-43,90H2,1-2H3,(H2,91,115)(H,92,97)(H,93,98)(H,96,116)(H,99,110)(H,100,112)(H,101,121)(H,102,117)(H,103,120)(H,104,118)(H,105,119)(H,106,122)(H,107,123)(H,113,114)/t63-,64-,65-,66-,67-,68-,69-,70-,71-,72-,73-/m0/s1. The Kier molecular flexibility index (Phi) is 33.2. The Morgan fingerprint density at radius 2 is 1.16 bits per heavy atom. The van der Waals surface area contributed by atoms with Gasteiger partial charge < -0.3 is 105 Å². The average molecular weight is 1790 g/mol. The molecule has 11 atom stereocenters. The van der Waals surface area contributed by atoms with E-state index >= 15 is 37.5 Å². The largest absolute Gasteiger partial charge is 0.508 e. The zero-order valence-corrected chi connectivity index (χ0v) is 70.8. The van der Waals surface area contributed by atoms with Gasteiger partial charge in [0.25, 0.3) is 0 Å². The molecular weight excluding hydrogens is 1690 g/mol. The van der Waals surface area contributed by atoms with Gasteiger partial charge in [-0.2, -0.15) is 23.5 Å². The number of amides is 13. The second-order valence-electron chi connectivity index (χ2n) is 31.0. The summed E-state index contributed by atoms with van der Waals surface area (Å²) in [6, 6.07) is 7.86. The smallest absolute Gasteiger partial charge is 0.305 e. The van der Waals surface area contributed by atoms with Crippen LogP contribution in [0.15, 0.2) is 147 Å². The minimum Gasteiger partial charge on any atom is -0.508 e. The number of thioether (sulfide) groups is 2. The minimum absolute atomic E-state index is 0.0272. The van der Waals surface area contributed by atoms with Gasteiger partial charge in [-0.1, -0.05) is 48.5 Å². The number of imidazole rings is 2. The second-order valence-corrected chi connectivity index (χ2v) is 33.0. The molecule has 6 heterocycles. The summed E-state index contributed by atoms with van der Waals surface area (Å²) < 4.78 is 44.8. The number of carbonyl (C=O) groups excluding carboxylic acids is 13. The highest BCUT2D eigenvalue weighted by Crippen LogP contribution is 2.27. The summed E-state index contributed by atoms with van der Waals surface area (Å²) >= 11 is 2.39. The number of halogens is 3. The van der Waals surface area contributed by atoms with Crippen molar-refractivity contribution in [3.63, 3.8) is 0 Å². The number of aromatic amines is 4. The molecule has 0 saturated carbocycles. The number of hydrogen-bond donors (Lipinski definition) is 18. The van der Waals surface area contributed by atoms with Crippen LogP contribution in [0, 0.1) is 17.5 Å². The SMILES string of the molecule is CC(=O)N[C@@H](Cc1cnc[nH]1)C(=O)N(C)[C@@H](Cc1ccc(F)cc1)C(=O)N[C@H]1CSCc2cccc(c2)CSC[C@@H](C(N)=O)NC(=O)[C@@H]2CCCN2C(=O)[C@H](Cc2ccc(O)cc2)NC(=O)[C@H](Cc2cnc[nH]2)NC(=O)[C@H](CC(=O)O)NC(=O)[C@H](Cc2c[nH]c3ccc(F)cc23)NC(=O)[C@H](Cc2c[nH]c3ccc(F)cc23)NC(=O)CNC(=O)[C@H](CCCCN)NC1=O. The summed E-state index contributed by atoms with van der Waals surface area (Å²) in [4.78, 5) is 226. The van der Waals surface area contributed by atoms with Gasteiger partial charge >= 0.3 is 5.97 Å². The van der Waals surface area contributed by atoms with E-state index in [2.05, 4.69) is 83.1 Å². The van der Waals surface area contributed by atoms with Gasteiger partial charge in [0.05, 0.1) is 25.6 Å². The summed E-state index contributed by atoms with van der Waals surface area (Å²) in [5.41, 5.74) is 15.9. The topological polar surface area (TPSA) is 547 Å². The number of unbranched alkanes of at least 4 members (excludes halogenated alkanes) is 1. The maximum absolute atomic E-state index is 15.4. The van der Waals surface area contributed by atoms with Crippen LogP contribution in [0.1, 0.15) is 90.2 Å². The molecule has 672 valence electrons. The predicted molar refractivity (Wildman–Crippen MR) is 461 cm³/mol. The fourth-order valence-corrected chi connectivity index (χ4v) is 17.0. The predicted octanol–water partition coefficient (Wildman–Crippen LogP) is 1.56. The van der Waals surface area contributed by atoms with E-state index in [0.717, 1.165) is 40.8 Å². The van der Waals surface area contributed by atoms with E-state index in [-0.39, 0.29) is 114 Å². The number of carboxylic acid groups (broad SMARTS) is 1. The Bertz CT molecular complexity index is 5430. The Balaban J connectivity index is 0.949. The van der Waals surface area contributed by atoms with Crippen molar-refractivity contribution in [2.24, 2.45) is 11.5 Å². The van der Waals surface area contributed by atoms with Crippen LogP contribution in [0.25, 0.3) is 21.8 Å². The average Bonchev–Trinajstić information content (AvgIpc) is 1.62. The summed E-state index contributed by atoms with van der Waals surface area (Å²) in [6.07, 6.45) is 5.66. The maximum Gasteiger partial charge on any atom is 0.305 e. The molecule has 0 spiro atoms. The van der Waals surface area contributed by atoms with E-state index in [1.807, 2.05) is 6.07 Å². The van der Waals surface area contributed by atoms with E-state index < -0.39 is 199 Å². The van der Waals surface area contributed by atoms with Crippen molar-refractivity contribution in [3.8, 4) is 5.75 Å². The normalized spacial score (nSPS) is 20.8. The molecule has 9 aromatic rings. The molecule has 5 aromatic carbocycles. The summed E-state index contributed by atoms with van der Waals surface area (Å²) in [7, 11) is 1.32. The number of carboxylic acids is 1. The first-order valence-corrected chi connectivity index (χ1v) is 43.2. The third kappa shape index (κ3) is 26.7. The van der Waals surface area contributed by atoms with Crippen molar-refractivity contribution in [1.29, 1.82) is 0 Å². The molecule has 41 heteroatoms. The van der Waals surface area contributed by atoms with Gasteiger partial charge in [0.1, 0.15) is 89.7 Å². The van der Waals surface area contributed by atoms with Gasteiger partial charge in [-0.15, -0.1) is 0 Å². The number of aromatic hydroxyl groups is 1. The molecule has 0 radical (unpaired) electrons. The van der Waals surface area contributed by atoms with Crippen LogP contribution in [0.2, 0.25) is 0 Å². The number of phenols is 1. The molecule has 4 aromatic heterocycles. The Morgan fingerprint density at radius 3 is 1.75 bits per heavy atom. The zero-order valence-electron chi connectivity index (χ0n) is 69.1. The quantitative estimate of drug-likeness (QED) is 0.0382. The first-order chi connectivity index (χ1) is 60.9. The van der Waals surface area contributed by atoms with Crippen LogP contribution in [0.4, 0.5) is 13.2 Å². The number of nitrogens with two attached hydrogens (primary N) is 2. The molecule has 1 fully saturated rings. The summed E-state index contributed by atoms with van der Waals surface area (Å²) in [5, 5.41) is 47.4. The van der Waals surface area contributed by atoms with Crippen molar-refractivity contribution in [2.75, 3.05) is 38.2 Å². The highest BCUT2D eigenvalue weighted by atomic mass is 32.2. The van der Waals surface area contributed by atoms with E-state index in [0.29, 0.717) is 39.8 Å². The lowest BCUT2D eigenvalue weighted by molar-refractivity contribution is -0.143. The molecule has 1 saturated heterocycles. The van der Waals surface area contributed by atoms with E-state index in [4.69, 9.17) is 11.5 Å². The zero-order chi connectivity index (χ0) is 91.0. The first-order valence-electron chi connectivity index (χ1n) is 40.9. The molecule has 0 unspecified atom stereocenters. The first kappa shape index (κ1) is 94.1. The van der Waals surface area contributed by atoms with Gasteiger partial charge in [-0.05, 0) is 133 Å². The highest BCUT2D eigenvalue weighted by molar-refractivity contribution is 7.98.